The van der Waals surface area contributed by atoms with Crippen LogP contribution in [0.15, 0.2) is 121 Å². The maximum Gasteiger partial charge on any atom is 0.255 e. The molecule has 0 atom stereocenters. The minimum atomic E-state index is -0.130. The summed E-state index contributed by atoms with van der Waals surface area (Å²) >= 11 is 0. The van der Waals surface area contributed by atoms with E-state index in [1.165, 1.54) is 0 Å². The highest BCUT2D eigenvalue weighted by Crippen LogP contribution is 2.24. The third-order valence-corrected chi connectivity index (χ3v) is 5.37. The van der Waals surface area contributed by atoms with Crippen LogP contribution in [0.5, 0.6) is 0 Å². The molecule has 0 saturated heterocycles. The first kappa shape index (κ1) is 20.3. The van der Waals surface area contributed by atoms with E-state index < -0.39 is 0 Å². The Morgan fingerprint density at radius 2 is 1.03 bits per heavy atom. The van der Waals surface area contributed by atoms with Crippen LogP contribution in [0, 0.1) is 0 Å². The number of anilines is 5. The molecule has 0 aromatic heterocycles. The van der Waals surface area contributed by atoms with Crippen LogP contribution in [0.4, 0.5) is 28.4 Å². The van der Waals surface area contributed by atoms with E-state index in [1.807, 2.05) is 121 Å². The van der Waals surface area contributed by atoms with E-state index in [-0.39, 0.29) is 5.91 Å². The van der Waals surface area contributed by atoms with Gasteiger partial charge in [0.1, 0.15) is 0 Å². The molecule has 0 aliphatic heterocycles. The number of fused-ring (bicyclic) bond motifs is 1. The zero-order valence-corrected chi connectivity index (χ0v) is 18.0. The van der Waals surface area contributed by atoms with E-state index in [0.717, 1.165) is 39.2 Å². The first-order chi connectivity index (χ1) is 16.2. The molecule has 0 radical (unpaired) electrons. The van der Waals surface area contributed by atoms with Gasteiger partial charge in [-0.1, -0.05) is 54.6 Å². The molecule has 4 heteroatoms. The highest BCUT2D eigenvalue weighted by atomic mass is 16.1. The van der Waals surface area contributed by atoms with Gasteiger partial charge >= 0.3 is 0 Å². The predicted molar refractivity (Wildman–Crippen MR) is 138 cm³/mol. The Labute approximate surface area is 192 Å². The van der Waals surface area contributed by atoms with Crippen LogP contribution in [0.1, 0.15) is 10.4 Å². The second-order valence-corrected chi connectivity index (χ2v) is 7.79. The maximum absolute atomic E-state index is 12.8. The van der Waals surface area contributed by atoms with Gasteiger partial charge in [0, 0.05) is 34.0 Å². The van der Waals surface area contributed by atoms with Crippen molar-refractivity contribution in [3.8, 4) is 0 Å². The van der Waals surface area contributed by atoms with Gasteiger partial charge in [0.2, 0.25) is 0 Å². The third kappa shape index (κ3) is 5.02. The summed E-state index contributed by atoms with van der Waals surface area (Å²) in [6.45, 7) is 0. The van der Waals surface area contributed by atoms with Gasteiger partial charge in [-0.2, -0.15) is 0 Å². The molecule has 0 spiro atoms. The number of rotatable bonds is 6. The smallest absolute Gasteiger partial charge is 0.255 e. The molecule has 1 amide bonds. The molecule has 0 aliphatic rings. The largest absolute Gasteiger partial charge is 0.356 e. The molecule has 0 fully saturated rings. The SMILES string of the molecule is O=C(Nc1cccc(Nc2ccc(Nc3ccccc3)cc2)c1)c1ccc2ccccc2c1. The second-order valence-electron chi connectivity index (χ2n) is 7.79. The molecule has 3 N–H and O–H groups in total. The topological polar surface area (TPSA) is 53.2 Å². The first-order valence-electron chi connectivity index (χ1n) is 10.8. The average Bonchev–Trinajstić information content (AvgIpc) is 2.86. The quantitative estimate of drug-likeness (QED) is 0.261. The fraction of sp³-hybridized carbons (Fsp3) is 0. The summed E-state index contributed by atoms with van der Waals surface area (Å²) in [7, 11) is 0. The van der Waals surface area contributed by atoms with Gasteiger partial charge in [0.15, 0.2) is 0 Å². The van der Waals surface area contributed by atoms with Gasteiger partial charge < -0.3 is 16.0 Å². The molecular formula is C29H23N3O. The summed E-state index contributed by atoms with van der Waals surface area (Å²) in [5.74, 6) is -0.130. The summed E-state index contributed by atoms with van der Waals surface area (Å²) in [4.78, 5) is 12.8. The lowest BCUT2D eigenvalue weighted by molar-refractivity contribution is 0.102. The monoisotopic (exact) mass is 429 g/mol. The van der Waals surface area contributed by atoms with Crippen LogP contribution >= 0.6 is 0 Å². The van der Waals surface area contributed by atoms with Crippen molar-refractivity contribution in [3.63, 3.8) is 0 Å². The summed E-state index contributed by atoms with van der Waals surface area (Å²) in [6.07, 6.45) is 0. The highest BCUT2D eigenvalue weighted by molar-refractivity contribution is 6.06. The summed E-state index contributed by atoms with van der Waals surface area (Å²) in [5, 5.41) is 11.9. The fourth-order valence-electron chi connectivity index (χ4n) is 3.70. The average molecular weight is 430 g/mol. The van der Waals surface area contributed by atoms with Crippen molar-refractivity contribution in [2.45, 2.75) is 0 Å². The van der Waals surface area contributed by atoms with Gasteiger partial charge in [-0.3, -0.25) is 4.79 Å². The Morgan fingerprint density at radius 1 is 0.455 bits per heavy atom. The minimum Gasteiger partial charge on any atom is -0.356 e. The zero-order valence-electron chi connectivity index (χ0n) is 18.0. The summed E-state index contributed by atoms with van der Waals surface area (Å²) in [5.41, 5.74) is 5.30. The lowest BCUT2D eigenvalue weighted by atomic mass is 10.1. The van der Waals surface area contributed by atoms with Gasteiger partial charge in [-0.25, -0.2) is 0 Å². The van der Waals surface area contributed by atoms with Crippen molar-refractivity contribution >= 4 is 45.1 Å². The number of para-hydroxylation sites is 1. The Kier molecular flexibility index (Phi) is 5.72. The van der Waals surface area contributed by atoms with E-state index in [9.17, 15) is 4.79 Å². The Balaban J connectivity index is 1.25. The van der Waals surface area contributed by atoms with Gasteiger partial charge in [-0.15, -0.1) is 0 Å². The van der Waals surface area contributed by atoms with Crippen LogP contribution in [-0.4, -0.2) is 5.91 Å². The molecule has 5 rings (SSSR count). The number of nitrogens with one attached hydrogen (secondary N) is 3. The van der Waals surface area contributed by atoms with E-state index >= 15 is 0 Å². The second kappa shape index (κ2) is 9.28. The van der Waals surface area contributed by atoms with Gasteiger partial charge in [0.25, 0.3) is 5.91 Å². The molecule has 0 saturated carbocycles. The summed E-state index contributed by atoms with van der Waals surface area (Å²) < 4.78 is 0. The normalized spacial score (nSPS) is 10.5. The molecule has 5 aromatic rings. The van der Waals surface area contributed by atoms with Crippen molar-refractivity contribution in [2.75, 3.05) is 16.0 Å². The standard InChI is InChI=1S/C29H23N3O/c33-29(23-14-13-21-7-4-5-8-22(21)19-23)32-28-12-6-11-27(20-28)31-26-17-15-25(16-18-26)30-24-9-2-1-3-10-24/h1-20,30-31H,(H,32,33). The van der Waals surface area contributed by atoms with Gasteiger partial charge in [-0.05, 0) is 77.5 Å². The van der Waals surface area contributed by atoms with Crippen LogP contribution in [0.3, 0.4) is 0 Å². The third-order valence-electron chi connectivity index (χ3n) is 5.37. The van der Waals surface area contributed by atoms with Crippen LogP contribution < -0.4 is 16.0 Å². The molecular weight excluding hydrogens is 406 g/mol. The number of amides is 1. The van der Waals surface area contributed by atoms with Crippen molar-refractivity contribution in [3.05, 3.63) is 127 Å². The Morgan fingerprint density at radius 3 is 1.79 bits per heavy atom. The lowest BCUT2D eigenvalue weighted by Gasteiger charge is -2.11. The van der Waals surface area contributed by atoms with E-state index in [1.54, 1.807) is 0 Å². The van der Waals surface area contributed by atoms with Crippen LogP contribution in [-0.2, 0) is 0 Å². The predicted octanol–water partition coefficient (Wildman–Crippen LogP) is 7.58. The number of hydrogen-bond donors (Lipinski definition) is 3. The lowest BCUT2D eigenvalue weighted by Crippen LogP contribution is -2.11. The molecule has 33 heavy (non-hydrogen) atoms. The molecule has 0 bridgehead atoms. The number of carbonyl (C=O) groups excluding carboxylic acids is 1. The molecule has 5 aromatic carbocycles. The van der Waals surface area contributed by atoms with Crippen molar-refractivity contribution < 1.29 is 4.79 Å². The molecule has 0 aliphatic carbocycles. The van der Waals surface area contributed by atoms with E-state index in [2.05, 4.69) is 16.0 Å². The number of carbonyl (C=O) groups is 1. The molecule has 4 nitrogen and oxygen atoms in total. The van der Waals surface area contributed by atoms with Crippen molar-refractivity contribution in [2.24, 2.45) is 0 Å². The molecule has 0 heterocycles. The highest BCUT2D eigenvalue weighted by Gasteiger charge is 2.07. The maximum atomic E-state index is 12.8. The van der Waals surface area contributed by atoms with E-state index in [0.29, 0.717) is 5.56 Å². The van der Waals surface area contributed by atoms with Crippen LogP contribution in [0.25, 0.3) is 10.8 Å². The molecule has 160 valence electrons. The van der Waals surface area contributed by atoms with Crippen LogP contribution in [0.2, 0.25) is 0 Å². The van der Waals surface area contributed by atoms with Gasteiger partial charge in [0.05, 0.1) is 0 Å². The first-order valence-corrected chi connectivity index (χ1v) is 10.8. The Hall–Kier alpha value is -4.57. The van der Waals surface area contributed by atoms with Crippen molar-refractivity contribution in [1.29, 1.82) is 0 Å². The zero-order chi connectivity index (χ0) is 22.5. The Bertz CT molecular complexity index is 1400. The van der Waals surface area contributed by atoms with E-state index in [4.69, 9.17) is 0 Å². The minimum absolute atomic E-state index is 0.130. The molecule has 0 unspecified atom stereocenters. The number of benzene rings is 5. The summed E-state index contributed by atoms with van der Waals surface area (Å²) in [6, 6.07) is 39.6. The van der Waals surface area contributed by atoms with Crippen molar-refractivity contribution in [1.82, 2.24) is 0 Å². The number of hydrogen-bond acceptors (Lipinski definition) is 3. The fourth-order valence-corrected chi connectivity index (χ4v) is 3.70.